The fraction of sp³-hybridized carbons (Fsp3) is 0.292. The zero-order valence-corrected chi connectivity index (χ0v) is 20.4. The molecule has 3 aromatic heterocycles. The monoisotopic (exact) mass is 500 g/mol. The first-order valence-corrected chi connectivity index (χ1v) is 11.6. The number of rotatable bonds is 6. The molecule has 5 rings (SSSR count). The Bertz CT molecular complexity index is 1330. The Morgan fingerprint density at radius 2 is 1.91 bits per heavy atom. The highest BCUT2D eigenvalue weighted by atomic mass is 35.5. The number of H-pyrrole nitrogens is 1. The molecular formula is C24H23Cl2FN6O. The number of aromatic nitrogens is 4. The topological polar surface area (TPSA) is 79.0 Å². The molecule has 0 radical (unpaired) electrons. The zero-order chi connectivity index (χ0) is 24.0. The molecule has 0 aliphatic carbocycles. The van der Waals surface area contributed by atoms with Crippen LogP contribution >= 0.6 is 23.2 Å². The maximum absolute atomic E-state index is 14.8. The van der Waals surface area contributed by atoms with Crippen LogP contribution in [0.4, 0.5) is 10.2 Å². The minimum Gasteiger partial charge on any atom is -0.483 e. The van der Waals surface area contributed by atoms with Crippen LogP contribution in [0.15, 0.2) is 42.9 Å². The SMILES string of the molecule is CNC1(C)CN(c2ccc(-c3n[nH]c4cc(F)c(O[C@H](C)c5c(Cl)cncc5Cl)cc34)cn2)C1. The lowest BCUT2D eigenvalue weighted by atomic mass is 9.92. The van der Waals surface area contributed by atoms with Crippen molar-refractivity contribution < 1.29 is 9.13 Å². The molecule has 34 heavy (non-hydrogen) atoms. The second-order valence-corrected chi connectivity index (χ2v) is 9.56. The fourth-order valence-electron chi connectivity index (χ4n) is 4.22. The van der Waals surface area contributed by atoms with Crippen LogP contribution < -0.4 is 15.0 Å². The molecule has 1 fully saturated rings. The van der Waals surface area contributed by atoms with Gasteiger partial charge in [0, 0.05) is 54.3 Å². The van der Waals surface area contributed by atoms with Gasteiger partial charge in [-0.25, -0.2) is 9.37 Å². The van der Waals surface area contributed by atoms with Gasteiger partial charge in [-0.3, -0.25) is 10.1 Å². The number of fused-ring (bicyclic) bond motifs is 1. The molecule has 1 aliphatic heterocycles. The number of pyridine rings is 2. The highest BCUT2D eigenvalue weighted by molar-refractivity contribution is 6.35. The van der Waals surface area contributed by atoms with Crippen molar-refractivity contribution in [1.82, 2.24) is 25.5 Å². The number of ether oxygens (including phenoxy) is 1. The van der Waals surface area contributed by atoms with E-state index < -0.39 is 11.9 Å². The molecule has 7 nitrogen and oxygen atoms in total. The van der Waals surface area contributed by atoms with Crippen molar-refractivity contribution in [2.45, 2.75) is 25.5 Å². The third kappa shape index (κ3) is 4.06. The number of halogens is 3. The van der Waals surface area contributed by atoms with Gasteiger partial charge in [-0.1, -0.05) is 23.2 Å². The maximum Gasteiger partial charge on any atom is 0.167 e. The Hall–Kier alpha value is -2.94. The molecule has 0 amide bonds. The lowest BCUT2D eigenvalue weighted by molar-refractivity contribution is 0.217. The third-order valence-electron chi connectivity index (χ3n) is 6.24. The van der Waals surface area contributed by atoms with Crippen molar-refractivity contribution in [3.05, 3.63) is 64.3 Å². The van der Waals surface area contributed by atoms with Gasteiger partial charge in [-0.05, 0) is 39.1 Å². The largest absolute Gasteiger partial charge is 0.483 e. The predicted octanol–water partition coefficient (Wildman–Crippen LogP) is 5.40. The van der Waals surface area contributed by atoms with E-state index >= 15 is 0 Å². The number of aromatic amines is 1. The predicted molar refractivity (Wildman–Crippen MR) is 132 cm³/mol. The Morgan fingerprint density at radius 1 is 1.18 bits per heavy atom. The summed E-state index contributed by atoms with van der Waals surface area (Å²) in [6, 6.07) is 6.94. The molecule has 1 atom stereocenters. The summed E-state index contributed by atoms with van der Waals surface area (Å²) in [6.07, 6.45) is 4.15. The Balaban J connectivity index is 1.42. The van der Waals surface area contributed by atoms with E-state index in [9.17, 15) is 4.39 Å². The second-order valence-electron chi connectivity index (χ2n) is 8.75. The average Bonchev–Trinajstić information content (AvgIpc) is 3.19. The smallest absolute Gasteiger partial charge is 0.167 e. The van der Waals surface area contributed by atoms with Gasteiger partial charge in [0.05, 0.1) is 21.1 Å². The molecule has 176 valence electrons. The van der Waals surface area contributed by atoms with Crippen LogP contribution in [0.2, 0.25) is 10.0 Å². The first kappa shape index (κ1) is 22.8. The molecule has 1 saturated heterocycles. The first-order chi connectivity index (χ1) is 16.3. The number of benzene rings is 1. The van der Waals surface area contributed by atoms with Gasteiger partial charge in [0.25, 0.3) is 0 Å². The van der Waals surface area contributed by atoms with E-state index in [2.05, 4.69) is 37.3 Å². The van der Waals surface area contributed by atoms with Crippen LogP contribution in [0, 0.1) is 5.82 Å². The van der Waals surface area contributed by atoms with Gasteiger partial charge < -0.3 is 15.0 Å². The Morgan fingerprint density at radius 3 is 2.56 bits per heavy atom. The molecule has 0 bridgehead atoms. The lowest BCUT2D eigenvalue weighted by Gasteiger charge is -2.48. The quantitative estimate of drug-likeness (QED) is 0.368. The number of nitrogens with one attached hydrogen (secondary N) is 2. The minimum absolute atomic E-state index is 0.0723. The van der Waals surface area contributed by atoms with Crippen LogP contribution in [0.3, 0.4) is 0 Å². The first-order valence-electron chi connectivity index (χ1n) is 10.8. The summed E-state index contributed by atoms with van der Waals surface area (Å²) in [5, 5.41) is 12.0. The number of anilines is 1. The number of nitrogens with zero attached hydrogens (tertiary/aromatic N) is 4. The van der Waals surface area contributed by atoms with Crippen LogP contribution in [-0.2, 0) is 0 Å². The normalized spacial score (nSPS) is 15.9. The number of likely N-dealkylation sites (N-methyl/N-ethyl adjacent to an activating group) is 1. The summed E-state index contributed by atoms with van der Waals surface area (Å²) >= 11 is 12.5. The Kier molecular flexibility index (Phi) is 5.83. The fourth-order valence-corrected chi connectivity index (χ4v) is 4.89. The molecule has 1 aromatic carbocycles. The summed E-state index contributed by atoms with van der Waals surface area (Å²) in [4.78, 5) is 10.8. The molecular weight excluding hydrogens is 478 g/mol. The summed E-state index contributed by atoms with van der Waals surface area (Å²) in [7, 11) is 1.97. The van der Waals surface area contributed by atoms with E-state index in [-0.39, 0.29) is 11.3 Å². The molecule has 2 N–H and O–H groups in total. The average molecular weight is 501 g/mol. The molecule has 1 aliphatic rings. The van der Waals surface area contributed by atoms with Gasteiger partial charge in [0.2, 0.25) is 0 Å². The van der Waals surface area contributed by atoms with E-state index in [0.717, 1.165) is 29.9 Å². The van der Waals surface area contributed by atoms with Crippen molar-refractivity contribution >= 4 is 39.9 Å². The van der Waals surface area contributed by atoms with Crippen LogP contribution in [0.5, 0.6) is 5.75 Å². The molecule has 4 aromatic rings. The van der Waals surface area contributed by atoms with Crippen LogP contribution in [-0.4, -0.2) is 45.8 Å². The van der Waals surface area contributed by atoms with Gasteiger partial charge >= 0.3 is 0 Å². The second kappa shape index (κ2) is 8.69. The van der Waals surface area contributed by atoms with Crippen molar-refractivity contribution in [3.8, 4) is 17.0 Å². The van der Waals surface area contributed by atoms with Crippen molar-refractivity contribution in [3.63, 3.8) is 0 Å². The van der Waals surface area contributed by atoms with Crippen LogP contribution in [0.25, 0.3) is 22.2 Å². The van der Waals surface area contributed by atoms with Gasteiger partial charge in [0.15, 0.2) is 11.6 Å². The summed E-state index contributed by atoms with van der Waals surface area (Å²) < 4.78 is 20.7. The van der Waals surface area contributed by atoms with Crippen molar-refractivity contribution in [2.75, 3.05) is 25.0 Å². The van der Waals surface area contributed by atoms with Crippen LogP contribution in [0.1, 0.15) is 25.5 Å². The minimum atomic E-state index is -0.592. The van der Waals surface area contributed by atoms with Gasteiger partial charge in [0.1, 0.15) is 17.6 Å². The summed E-state index contributed by atoms with van der Waals surface area (Å²) in [5.41, 5.74) is 2.70. The van der Waals surface area contributed by atoms with Crippen molar-refractivity contribution in [1.29, 1.82) is 0 Å². The van der Waals surface area contributed by atoms with E-state index in [4.69, 9.17) is 27.9 Å². The molecule has 0 spiro atoms. The third-order valence-corrected chi connectivity index (χ3v) is 6.85. The van der Waals surface area contributed by atoms with Gasteiger partial charge in [-0.15, -0.1) is 0 Å². The molecule has 4 heterocycles. The van der Waals surface area contributed by atoms with E-state index in [0.29, 0.717) is 26.8 Å². The van der Waals surface area contributed by atoms with Gasteiger partial charge in [-0.2, -0.15) is 5.10 Å². The molecule has 0 saturated carbocycles. The Labute approximate surface area is 206 Å². The highest BCUT2D eigenvalue weighted by Gasteiger charge is 2.37. The molecule has 10 heteroatoms. The zero-order valence-electron chi connectivity index (χ0n) is 18.9. The van der Waals surface area contributed by atoms with E-state index in [1.165, 1.54) is 18.5 Å². The molecule has 0 unspecified atom stereocenters. The number of hydrogen-bond acceptors (Lipinski definition) is 6. The highest BCUT2D eigenvalue weighted by Crippen LogP contribution is 2.36. The number of hydrogen-bond donors (Lipinski definition) is 2. The summed E-state index contributed by atoms with van der Waals surface area (Å²) in [6.45, 7) is 5.73. The van der Waals surface area contributed by atoms with E-state index in [1.807, 2.05) is 19.2 Å². The maximum atomic E-state index is 14.8. The van der Waals surface area contributed by atoms with E-state index in [1.54, 1.807) is 19.2 Å². The van der Waals surface area contributed by atoms with Crippen molar-refractivity contribution in [2.24, 2.45) is 0 Å². The standard InChI is InChI=1S/C24H23Cl2FN6O/c1-13(22-16(25)9-29-10-17(22)26)34-20-6-15-19(7-18(20)27)31-32-23(15)14-4-5-21(30-8-14)33-11-24(2,12-33)28-3/h4-10,13,28H,11-12H2,1-3H3,(H,31,32)/t13-/m1/s1. The summed E-state index contributed by atoms with van der Waals surface area (Å²) in [5.74, 6) is 0.462. The lowest BCUT2D eigenvalue weighted by Crippen LogP contribution is -2.67.